The zero-order chi connectivity index (χ0) is 18.4. The normalized spacial score (nSPS) is 11.9. The number of nitrogens with zero attached hydrogens (tertiary/aromatic N) is 1. The van der Waals surface area contributed by atoms with Crippen LogP contribution in [-0.2, 0) is 4.79 Å². The van der Waals surface area contributed by atoms with Crippen molar-refractivity contribution < 1.29 is 18.8 Å². The first-order valence-electron chi connectivity index (χ1n) is 8.64. The summed E-state index contributed by atoms with van der Waals surface area (Å²) in [6.45, 7) is 10.6. The van der Waals surface area contributed by atoms with Gasteiger partial charge in [0.05, 0.1) is 24.8 Å². The molecule has 1 atom stereocenters. The first-order valence-corrected chi connectivity index (χ1v) is 8.64. The minimum absolute atomic E-state index is 0.0940. The molecule has 0 saturated heterocycles. The highest BCUT2D eigenvalue weighted by atomic mass is 16.5. The number of benzene rings is 1. The van der Waals surface area contributed by atoms with Crippen LogP contribution in [0.2, 0.25) is 0 Å². The third-order valence-electron chi connectivity index (χ3n) is 3.97. The van der Waals surface area contributed by atoms with E-state index in [0.29, 0.717) is 42.6 Å². The lowest BCUT2D eigenvalue weighted by Crippen LogP contribution is -2.21. The monoisotopic (exact) mass is 346 g/mol. The predicted octanol–water partition coefficient (Wildman–Crippen LogP) is 4.22. The van der Waals surface area contributed by atoms with Gasteiger partial charge in [0.25, 0.3) is 0 Å². The molecule has 0 aliphatic carbocycles. The van der Waals surface area contributed by atoms with Crippen LogP contribution >= 0.6 is 0 Å². The summed E-state index contributed by atoms with van der Waals surface area (Å²) in [5.74, 6) is 1.56. The van der Waals surface area contributed by atoms with Crippen LogP contribution < -0.4 is 14.8 Å². The maximum Gasteiger partial charge on any atom is 0.232 e. The quantitative estimate of drug-likeness (QED) is 0.774. The molecule has 2 aromatic rings. The molecule has 0 aliphatic heterocycles. The second-order valence-corrected chi connectivity index (χ2v) is 5.72. The number of aryl methyl sites for hydroxylation is 2. The van der Waals surface area contributed by atoms with Gasteiger partial charge < -0.3 is 19.3 Å². The maximum atomic E-state index is 12.8. The van der Waals surface area contributed by atoms with Crippen molar-refractivity contribution in [2.24, 2.45) is 0 Å². The van der Waals surface area contributed by atoms with Crippen LogP contribution in [0.25, 0.3) is 0 Å². The third-order valence-corrected chi connectivity index (χ3v) is 3.97. The number of rotatable bonds is 8. The summed E-state index contributed by atoms with van der Waals surface area (Å²) in [5.41, 5.74) is 2.28. The number of nitrogens with one attached hydrogen (secondary N) is 1. The molecule has 6 heteroatoms. The zero-order valence-electron chi connectivity index (χ0n) is 15.5. The third kappa shape index (κ3) is 4.32. The number of aromatic nitrogens is 1. The topological polar surface area (TPSA) is 73.6 Å². The van der Waals surface area contributed by atoms with E-state index in [4.69, 9.17) is 14.0 Å². The Balaban J connectivity index is 2.22. The van der Waals surface area contributed by atoms with E-state index in [1.54, 1.807) is 12.1 Å². The Labute approximate surface area is 148 Å². The van der Waals surface area contributed by atoms with Crippen LogP contribution in [0.1, 0.15) is 50.1 Å². The van der Waals surface area contributed by atoms with Crippen molar-refractivity contribution in [3.8, 4) is 11.5 Å². The number of carbonyl (C=O) groups excluding carboxylic acids is 1. The standard InChI is InChI=1S/C19H26N2O4/c1-6-15(18-12(4)21-25-13(18)5)19(22)20-14-9-10-16(23-7-2)17(11-14)24-8-3/h9-11,15H,6-8H2,1-5H3,(H,20,22). The largest absolute Gasteiger partial charge is 0.490 e. The van der Waals surface area contributed by atoms with Crippen molar-refractivity contribution >= 4 is 11.6 Å². The molecule has 25 heavy (non-hydrogen) atoms. The minimum atomic E-state index is -0.312. The Hall–Kier alpha value is -2.50. The minimum Gasteiger partial charge on any atom is -0.490 e. The molecular formula is C19H26N2O4. The van der Waals surface area contributed by atoms with Gasteiger partial charge in [-0.25, -0.2) is 0 Å². The van der Waals surface area contributed by atoms with Crippen molar-refractivity contribution in [2.75, 3.05) is 18.5 Å². The van der Waals surface area contributed by atoms with E-state index >= 15 is 0 Å². The first kappa shape index (κ1) is 18.8. The van der Waals surface area contributed by atoms with Gasteiger partial charge in [-0.2, -0.15) is 0 Å². The molecule has 0 bridgehead atoms. The van der Waals surface area contributed by atoms with Gasteiger partial charge in [0.15, 0.2) is 11.5 Å². The molecule has 0 aliphatic rings. The average Bonchev–Trinajstić information content (AvgIpc) is 2.91. The van der Waals surface area contributed by atoms with Crippen molar-refractivity contribution in [1.82, 2.24) is 5.16 Å². The van der Waals surface area contributed by atoms with Crippen LogP contribution in [0.5, 0.6) is 11.5 Å². The highest BCUT2D eigenvalue weighted by Crippen LogP contribution is 2.32. The second-order valence-electron chi connectivity index (χ2n) is 5.72. The molecular weight excluding hydrogens is 320 g/mol. The second kappa shape index (κ2) is 8.55. The van der Waals surface area contributed by atoms with Gasteiger partial charge in [0, 0.05) is 17.3 Å². The summed E-state index contributed by atoms with van der Waals surface area (Å²) >= 11 is 0. The van der Waals surface area contributed by atoms with Gasteiger partial charge >= 0.3 is 0 Å². The summed E-state index contributed by atoms with van der Waals surface area (Å²) in [7, 11) is 0. The van der Waals surface area contributed by atoms with Crippen LogP contribution in [0, 0.1) is 13.8 Å². The number of ether oxygens (including phenoxy) is 2. The van der Waals surface area contributed by atoms with Crippen molar-refractivity contribution in [3.05, 3.63) is 35.2 Å². The lowest BCUT2D eigenvalue weighted by molar-refractivity contribution is -0.117. The number of carbonyl (C=O) groups is 1. The molecule has 1 unspecified atom stereocenters. The molecule has 0 fully saturated rings. The fraction of sp³-hybridized carbons (Fsp3) is 0.474. The number of anilines is 1. The molecule has 0 saturated carbocycles. The molecule has 0 spiro atoms. The Kier molecular flexibility index (Phi) is 6.44. The highest BCUT2D eigenvalue weighted by Gasteiger charge is 2.26. The maximum absolute atomic E-state index is 12.8. The lowest BCUT2D eigenvalue weighted by atomic mass is 9.94. The summed E-state index contributed by atoms with van der Waals surface area (Å²) < 4.78 is 16.4. The van der Waals surface area contributed by atoms with Gasteiger partial charge in [-0.1, -0.05) is 12.1 Å². The van der Waals surface area contributed by atoms with E-state index < -0.39 is 0 Å². The van der Waals surface area contributed by atoms with E-state index in [0.717, 1.165) is 11.3 Å². The molecule has 1 N–H and O–H groups in total. The van der Waals surface area contributed by atoms with Crippen LogP contribution in [0.4, 0.5) is 5.69 Å². The molecule has 0 radical (unpaired) electrons. The Morgan fingerprint density at radius 1 is 1.16 bits per heavy atom. The molecule has 1 aromatic carbocycles. The van der Waals surface area contributed by atoms with Gasteiger partial charge in [0.1, 0.15) is 5.76 Å². The van der Waals surface area contributed by atoms with Crippen molar-refractivity contribution in [1.29, 1.82) is 0 Å². The molecule has 2 rings (SSSR count). The fourth-order valence-corrected chi connectivity index (χ4v) is 2.87. The fourth-order valence-electron chi connectivity index (χ4n) is 2.87. The average molecular weight is 346 g/mol. The smallest absolute Gasteiger partial charge is 0.232 e. The van der Waals surface area contributed by atoms with Crippen LogP contribution in [-0.4, -0.2) is 24.3 Å². The summed E-state index contributed by atoms with van der Waals surface area (Å²) in [6.07, 6.45) is 0.657. The van der Waals surface area contributed by atoms with E-state index in [-0.39, 0.29) is 11.8 Å². The van der Waals surface area contributed by atoms with E-state index in [1.165, 1.54) is 0 Å². The van der Waals surface area contributed by atoms with Gasteiger partial charge in [-0.05, 0) is 46.2 Å². The number of hydrogen-bond donors (Lipinski definition) is 1. The Morgan fingerprint density at radius 3 is 2.40 bits per heavy atom. The van der Waals surface area contributed by atoms with Crippen molar-refractivity contribution in [3.63, 3.8) is 0 Å². The molecule has 6 nitrogen and oxygen atoms in total. The Bertz CT molecular complexity index is 705. The Morgan fingerprint density at radius 2 is 1.84 bits per heavy atom. The molecule has 1 amide bonds. The van der Waals surface area contributed by atoms with Gasteiger partial charge in [0.2, 0.25) is 5.91 Å². The van der Waals surface area contributed by atoms with Crippen LogP contribution in [0.15, 0.2) is 22.7 Å². The summed E-state index contributed by atoms with van der Waals surface area (Å²) in [4.78, 5) is 12.8. The number of hydrogen-bond acceptors (Lipinski definition) is 5. The zero-order valence-corrected chi connectivity index (χ0v) is 15.5. The predicted molar refractivity (Wildman–Crippen MR) is 96.4 cm³/mol. The van der Waals surface area contributed by atoms with E-state index in [9.17, 15) is 4.79 Å². The lowest BCUT2D eigenvalue weighted by Gasteiger charge is -2.17. The number of amides is 1. The molecule has 1 heterocycles. The first-order chi connectivity index (χ1) is 12.0. The van der Waals surface area contributed by atoms with E-state index in [1.807, 2.05) is 40.7 Å². The van der Waals surface area contributed by atoms with Crippen LogP contribution in [0.3, 0.4) is 0 Å². The van der Waals surface area contributed by atoms with Gasteiger partial charge in [-0.15, -0.1) is 0 Å². The molecule has 136 valence electrons. The van der Waals surface area contributed by atoms with Gasteiger partial charge in [-0.3, -0.25) is 4.79 Å². The van der Waals surface area contributed by atoms with E-state index in [2.05, 4.69) is 10.5 Å². The SMILES string of the molecule is CCOc1ccc(NC(=O)C(CC)c2c(C)noc2C)cc1OCC. The summed E-state index contributed by atoms with van der Waals surface area (Å²) in [6, 6.07) is 5.40. The summed E-state index contributed by atoms with van der Waals surface area (Å²) in [5, 5.41) is 6.91. The molecule has 1 aromatic heterocycles. The highest BCUT2D eigenvalue weighted by molar-refractivity contribution is 5.96. The van der Waals surface area contributed by atoms with Crippen molar-refractivity contribution in [2.45, 2.75) is 47.0 Å².